The smallest absolute Gasteiger partial charge is 0.355 e. The first-order valence-electron chi connectivity index (χ1n) is 11.5. The number of halogens is 3. The second-order valence-corrected chi connectivity index (χ2v) is 9.05. The van der Waals surface area contributed by atoms with Gasteiger partial charge in [0, 0.05) is 45.1 Å². The van der Waals surface area contributed by atoms with E-state index in [0.29, 0.717) is 26.2 Å². The van der Waals surface area contributed by atoms with Crippen LogP contribution in [0.2, 0.25) is 0 Å². The number of likely N-dealkylation sites (tertiary alicyclic amines) is 1. The van der Waals surface area contributed by atoms with Crippen LogP contribution in [0.25, 0.3) is 5.65 Å². The molecular formula is C24H29F3N6. The fourth-order valence-electron chi connectivity index (χ4n) is 5.05. The second kappa shape index (κ2) is 8.95. The average Bonchev–Trinajstić information content (AvgIpc) is 3.41. The lowest BCUT2D eigenvalue weighted by atomic mass is 10.1. The summed E-state index contributed by atoms with van der Waals surface area (Å²) in [7, 11) is 0. The SMILES string of the molecule is Cc1cccnc1CN1CCCC1c1cn2c(N3CCN(CC(F)(F)F)CC3)cccc2n1. The summed E-state index contributed by atoms with van der Waals surface area (Å²) in [6, 6.07) is 10.3. The zero-order valence-corrected chi connectivity index (χ0v) is 18.8. The molecule has 0 spiro atoms. The summed E-state index contributed by atoms with van der Waals surface area (Å²) < 4.78 is 40.3. The highest BCUT2D eigenvalue weighted by Crippen LogP contribution is 2.34. The van der Waals surface area contributed by atoms with Crippen LogP contribution in [0.3, 0.4) is 0 Å². The van der Waals surface area contributed by atoms with E-state index in [0.717, 1.165) is 48.8 Å². The highest BCUT2D eigenvalue weighted by molar-refractivity contribution is 5.53. The highest BCUT2D eigenvalue weighted by atomic mass is 19.4. The molecule has 9 heteroatoms. The summed E-state index contributed by atoms with van der Waals surface area (Å²) in [5.74, 6) is 0.989. The predicted molar refractivity (Wildman–Crippen MR) is 121 cm³/mol. The van der Waals surface area contributed by atoms with Gasteiger partial charge in [-0.2, -0.15) is 13.2 Å². The van der Waals surface area contributed by atoms with E-state index in [9.17, 15) is 13.2 Å². The lowest BCUT2D eigenvalue weighted by Crippen LogP contribution is -2.49. The number of rotatable bonds is 5. The Bertz CT molecular complexity index is 1100. The summed E-state index contributed by atoms with van der Waals surface area (Å²) in [5.41, 5.74) is 4.22. The molecule has 5 heterocycles. The predicted octanol–water partition coefficient (Wildman–Crippen LogP) is 4.06. The minimum atomic E-state index is -4.15. The topological polar surface area (TPSA) is 39.9 Å². The summed E-state index contributed by atoms with van der Waals surface area (Å²) in [6.45, 7) is 5.01. The minimum Gasteiger partial charge on any atom is -0.355 e. The number of aromatic nitrogens is 3. The van der Waals surface area contributed by atoms with Crippen LogP contribution in [0.15, 0.2) is 42.7 Å². The van der Waals surface area contributed by atoms with E-state index in [4.69, 9.17) is 4.98 Å². The van der Waals surface area contributed by atoms with Gasteiger partial charge in [0.25, 0.3) is 0 Å². The van der Waals surface area contributed by atoms with Crippen LogP contribution in [0.4, 0.5) is 19.0 Å². The van der Waals surface area contributed by atoms with Crippen molar-refractivity contribution in [1.29, 1.82) is 0 Å². The molecule has 2 aliphatic heterocycles. The quantitative estimate of drug-likeness (QED) is 0.577. The Hall–Kier alpha value is -2.65. The van der Waals surface area contributed by atoms with Crippen molar-refractivity contribution in [3.05, 3.63) is 59.7 Å². The molecule has 3 aromatic rings. The highest BCUT2D eigenvalue weighted by Gasteiger charge is 2.33. The zero-order chi connectivity index (χ0) is 23.0. The van der Waals surface area contributed by atoms with E-state index in [1.54, 1.807) is 0 Å². The number of nitrogens with zero attached hydrogens (tertiary/aromatic N) is 6. The molecule has 6 nitrogen and oxygen atoms in total. The lowest BCUT2D eigenvalue weighted by Gasteiger charge is -2.36. The van der Waals surface area contributed by atoms with Crippen LogP contribution in [0.1, 0.15) is 35.8 Å². The summed E-state index contributed by atoms with van der Waals surface area (Å²) in [5, 5.41) is 0. The van der Waals surface area contributed by atoms with Gasteiger partial charge in [0.05, 0.1) is 24.0 Å². The molecule has 0 saturated carbocycles. The van der Waals surface area contributed by atoms with Gasteiger partial charge in [0.15, 0.2) is 0 Å². The fraction of sp³-hybridized carbons (Fsp3) is 0.500. The van der Waals surface area contributed by atoms with Crippen LogP contribution < -0.4 is 4.90 Å². The Morgan fingerprint density at radius 3 is 2.61 bits per heavy atom. The normalized spacial score (nSPS) is 20.7. The van der Waals surface area contributed by atoms with Gasteiger partial charge in [-0.05, 0) is 50.1 Å². The molecule has 3 aromatic heterocycles. The largest absolute Gasteiger partial charge is 0.401 e. The van der Waals surface area contributed by atoms with Crippen molar-refractivity contribution in [1.82, 2.24) is 24.2 Å². The van der Waals surface area contributed by atoms with Gasteiger partial charge >= 0.3 is 6.18 Å². The fourth-order valence-corrected chi connectivity index (χ4v) is 5.05. The Kier molecular flexibility index (Phi) is 6.01. The number of alkyl halides is 3. The first-order valence-corrected chi connectivity index (χ1v) is 11.5. The Balaban J connectivity index is 1.34. The van der Waals surface area contributed by atoms with Crippen molar-refractivity contribution in [2.24, 2.45) is 0 Å². The van der Waals surface area contributed by atoms with Crippen molar-refractivity contribution in [3.63, 3.8) is 0 Å². The van der Waals surface area contributed by atoms with E-state index in [-0.39, 0.29) is 6.04 Å². The van der Waals surface area contributed by atoms with Gasteiger partial charge in [0.2, 0.25) is 0 Å². The number of anilines is 1. The molecule has 2 saturated heterocycles. The van der Waals surface area contributed by atoms with Crippen molar-refractivity contribution in [3.8, 4) is 0 Å². The lowest BCUT2D eigenvalue weighted by molar-refractivity contribution is -0.146. The van der Waals surface area contributed by atoms with Crippen LogP contribution in [-0.2, 0) is 6.54 Å². The third-order valence-corrected chi connectivity index (χ3v) is 6.76. The van der Waals surface area contributed by atoms with Crippen molar-refractivity contribution in [2.75, 3.05) is 44.2 Å². The van der Waals surface area contributed by atoms with Gasteiger partial charge in [0.1, 0.15) is 11.5 Å². The van der Waals surface area contributed by atoms with Gasteiger partial charge in [-0.25, -0.2) is 4.98 Å². The molecule has 1 atom stereocenters. The molecule has 2 aliphatic rings. The molecule has 0 radical (unpaired) electrons. The second-order valence-electron chi connectivity index (χ2n) is 9.05. The standard InChI is InChI=1S/C24H29F3N6/c1-18-5-3-9-28-19(18)15-32-10-4-6-21(32)20-16-33-22(29-20)7-2-8-23(33)31-13-11-30(12-14-31)17-24(25,26)27/h2-3,5,7-9,16,21H,4,6,10-15,17H2,1H3. The number of aryl methyl sites for hydroxylation is 1. The number of pyridine rings is 2. The zero-order valence-electron chi connectivity index (χ0n) is 18.8. The van der Waals surface area contributed by atoms with Crippen molar-refractivity contribution in [2.45, 2.75) is 38.5 Å². The van der Waals surface area contributed by atoms with E-state index in [1.807, 2.05) is 30.5 Å². The monoisotopic (exact) mass is 458 g/mol. The summed E-state index contributed by atoms with van der Waals surface area (Å²) in [6.07, 6.45) is 1.99. The summed E-state index contributed by atoms with van der Waals surface area (Å²) >= 11 is 0. The van der Waals surface area contributed by atoms with E-state index in [2.05, 4.69) is 38.4 Å². The average molecular weight is 459 g/mol. The maximum Gasteiger partial charge on any atom is 0.401 e. The molecule has 0 aliphatic carbocycles. The van der Waals surface area contributed by atoms with E-state index in [1.165, 1.54) is 10.5 Å². The molecule has 1 unspecified atom stereocenters. The molecule has 5 rings (SSSR count). The molecule has 0 bridgehead atoms. The summed E-state index contributed by atoms with van der Waals surface area (Å²) in [4.78, 5) is 15.6. The van der Waals surface area contributed by atoms with Crippen molar-refractivity contribution < 1.29 is 13.2 Å². The maximum atomic E-state index is 12.7. The number of fused-ring (bicyclic) bond motifs is 1. The number of imidazole rings is 1. The molecular weight excluding hydrogens is 429 g/mol. The molecule has 2 fully saturated rings. The van der Waals surface area contributed by atoms with Gasteiger partial charge < -0.3 is 4.90 Å². The van der Waals surface area contributed by atoms with Crippen LogP contribution in [-0.4, -0.2) is 69.6 Å². The Morgan fingerprint density at radius 1 is 1.03 bits per heavy atom. The minimum absolute atomic E-state index is 0.239. The van der Waals surface area contributed by atoms with E-state index >= 15 is 0 Å². The third kappa shape index (κ3) is 4.84. The first-order chi connectivity index (χ1) is 15.9. The Labute approximate surface area is 191 Å². The third-order valence-electron chi connectivity index (χ3n) is 6.76. The van der Waals surface area contributed by atoms with Crippen LogP contribution >= 0.6 is 0 Å². The van der Waals surface area contributed by atoms with Crippen LogP contribution in [0.5, 0.6) is 0 Å². The maximum absolute atomic E-state index is 12.7. The molecule has 33 heavy (non-hydrogen) atoms. The van der Waals surface area contributed by atoms with Gasteiger partial charge in [-0.15, -0.1) is 0 Å². The first kappa shape index (κ1) is 22.2. The van der Waals surface area contributed by atoms with Crippen molar-refractivity contribution >= 4 is 11.5 Å². The molecule has 0 aromatic carbocycles. The number of hydrogen-bond donors (Lipinski definition) is 0. The van der Waals surface area contributed by atoms with E-state index < -0.39 is 12.7 Å². The number of hydrogen-bond acceptors (Lipinski definition) is 5. The Morgan fingerprint density at radius 2 is 1.85 bits per heavy atom. The van der Waals surface area contributed by atoms with Gasteiger partial charge in [-0.3, -0.25) is 19.2 Å². The molecule has 0 N–H and O–H groups in total. The van der Waals surface area contributed by atoms with Gasteiger partial charge in [-0.1, -0.05) is 12.1 Å². The molecule has 0 amide bonds. The van der Waals surface area contributed by atoms with Crippen LogP contribution in [0, 0.1) is 6.92 Å². The molecule has 176 valence electrons. The number of piperazine rings is 1.